The summed E-state index contributed by atoms with van der Waals surface area (Å²) in [6, 6.07) is 2.18. The van der Waals surface area contributed by atoms with Crippen molar-refractivity contribution in [2.75, 3.05) is 0 Å². The van der Waals surface area contributed by atoms with E-state index in [1.165, 1.54) is 0 Å². The van der Waals surface area contributed by atoms with Gasteiger partial charge < -0.3 is 15.9 Å². The van der Waals surface area contributed by atoms with Crippen molar-refractivity contribution in [3.05, 3.63) is 34.4 Å². The number of benzene rings is 1. The van der Waals surface area contributed by atoms with Crippen molar-refractivity contribution < 1.29 is 24.6 Å². The molecule has 0 heterocycles. The van der Waals surface area contributed by atoms with Gasteiger partial charge in [-0.1, -0.05) is 13.8 Å². The number of amides is 1. The van der Waals surface area contributed by atoms with Gasteiger partial charge in [0, 0.05) is 5.56 Å². The number of carbonyl (C=O) groups excluding carboxylic acids is 1. The Balaban J connectivity index is 3.70. The van der Waals surface area contributed by atoms with Gasteiger partial charge in [-0.3, -0.25) is 4.79 Å². The molecule has 1 aromatic rings. The maximum absolute atomic E-state index is 11.4. The van der Waals surface area contributed by atoms with Crippen molar-refractivity contribution in [1.29, 1.82) is 0 Å². The van der Waals surface area contributed by atoms with Gasteiger partial charge in [0.05, 0.1) is 11.1 Å². The molecule has 0 radical (unpaired) electrons. The largest absolute Gasteiger partial charge is 0.478 e. The summed E-state index contributed by atoms with van der Waals surface area (Å²) in [5, 5.41) is 18.1. The second-order valence-corrected chi connectivity index (χ2v) is 4.27. The van der Waals surface area contributed by atoms with Crippen LogP contribution in [0, 0.1) is 0 Å². The van der Waals surface area contributed by atoms with Crippen LogP contribution in [0.1, 0.15) is 62.8 Å². The summed E-state index contributed by atoms with van der Waals surface area (Å²) >= 11 is 0. The zero-order valence-electron chi connectivity index (χ0n) is 10.6. The third-order valence-corrected chi connectivity index (χ3v) is 3.03. The standard InChI is InChI=1S/C13H15NO5/c1-3-6(2)10-8(11(14)15)4-7(12(16)17)5-9(10)13(18)19/h4-6H,3H2,1-2H3,(H2,14,15)(H,16,17)(H,18,19). The smallest absolute Gasteiger partial charge is 0.336 e. The maximum atomic E-state index is 11.4. The predicted octanol–water partition coefficient (Wildman–Crippen LogP) is 1.70. The first-order valence-electron chi connectivity index (χ1n) is 5.73. The topological polar surface area (TPSA) is 118 Å². The Bertz CT molecular complexity index is 515. The van der Waals surface area contributed by atoms with E-state index in [0.29, 0.717) is 6.42 Å². The molecule has 0 saturated heterocycles. The number of primary amides is 1. The lowest BCUT2D eigenvalue weighted by molar-refractivity contribution is 0.0695. The third-order valence-electron chi connectivity index (χ3n) is 3.03. The molecule has 1 atom stereocenters. The lowest BCUT2D eigenvalue weighted by atomic mass is 9.87. The first kappa shape index (κ1) is 14.7. The molecule has 1 aromatic carbocycles. The molecule has 0 aliphatic rings. The summed E-state index contributed by atoms with van der Waals surface area (Å²) in [5.74, 6) is -3.63. The molecule has 0 bridgehead atoms. The number of aromatic carboxylic acids is 2. The van der Waals surface area contributed by atoms with E-state index in [9.17, 15) is 19.5 Å². The molecule has 102 valence electrons. The molecule has 0 aliphatic heterocycles. The zero-order chi connectivity index (χ0) is 14.7. The van der Waals surface area contributed by atoms with Crippen molar-refractivity contribution in [2.24, 2.45) is 5.73 Å². The first-order valence-corrected chi connectivity index (χ1v) is 5.73. The maximum Gasteiger partial charge on any atom is 0.336 e. The molecular weight excluding hydrogens is 250 g/mol. The van der Waals surface area contributed by atoms with Gasteiger partial charge in [-0.05, 0) is 30.0 Å². The van der Waals surface area contributed by atoms with Gasteiger partial charge in [0.15, 0.2) is 0 Å². The second-order valence-electron chi connectivity index (χ2n) is 4.27. The Labute approximate surface area is 109 Å². The fraction of sp³-hybridized carbons (Fsp3) is 0.308. The molecule has 0 aliphatic carbocycles. The van der Waals surface area contributed by atoms with Crippen molar-refractivity contribution in [3.63, 3.8) is 0 Å². The van der Waals surface area contributed by atoms with E-state index >= 15 is 0 Å². The molecule has 1 unspecified atom stereocenters. The normalized spacial score (nSPS) is 11.9. The van der Waals surface area contributed by atoms with Crippen LogP contribution in [0.2, 0.25) is 0 Å². The van der Waals surface area contributed by atoms with Crippen LogP contribution in [-0.2, 0) is 0 Å². The molecule has 0 aromatic heterocycles. The number of carboxylic acids is 2. The Hall–Kier alpha value is -2.37. The highest BCUT2D eigenvalue weighted by molar-refractivity contribution is 6.03. The fourth-order valence-electron chi connectivity index (χ4n) is 1.89. The van der Waals surface area contributed by atoms with E-state index in [4.69, 9.17) is 10.8 Å². The van der Waals surface area contributed by atoms with E-state index in [-0.39, 0.29) is 28.2 Å². The zero-order valence-corrected chi connectivity index (χ0v) is 10.6. The van der Waals surface area contributed by atoms with Crippen molar-refractivity contribution in [2.45, 2.75) is 26.2 Å². The second kappa shape index (κ2) is 5.51. The van der Waals surface area contributed by atoms with E-state index in [0.717, 1.165) is 12.1 Å². The van der Waals surface area contributed by atoms with E-state index in [1.54, 1.807) is 6.92 Å². The molecule has 4 N–H and O–H groups in total. The third kappa shape index (κ3) is 2.90. The monoisotopic (exact) mass is 265 g/mol. The van der Waals surface area contributed by atoms with Crippen LogP contribution in [0.3, 0.4) is 0 Å². The molecule has 0 fully saturated rings. The van der Waals surface area contributed by atoms with Crippen LogP contribution in [-0.4, -0.2) is 28.1 Å². The summed E-state index contributed by atoms with van der Waals surface area (Å²) in [4.78, 5) is 33.6. The van der Waals surface area contributed by atoms with Crippen molar-refractivity contribution in [1.82, 2.24) is 0 Å². The van der Waals surface area contributed by atoms with Gasteiger partial charge in [-0.25, -0.2) is 9.59 Å². The number of hydrogen-bond acceptors (Lipinski definition) is 3. The Morgan fingerprint density at radius 3 is 2.05 bits per heavy atom. The highest BCUT2D eigenvalue weighted by Gasteiger charge is 2.24. The number of carbonyl (C=O) groups is 3. The summed E-state index contributed by atoms with van der Waals surface area (Å²) in [7, 11) is 0. The summed E-state index contributed by atoms with van der Waals surface area (Å²) in [6.07, 6.45) is 0.604. The molecule has 19 heavy (non-hydrogen) atoms. The van der Waals surface area contributed by atoms with Crippen molar-refractivity contribution >= 4 is 17.8 Å². The molecule has 1 rings (SSSR count). The van der Waals surface area contributed by atoms with E-state index in [1.807, 2.05) is 6.92 Å². The van der Waals surface area contributed by atoms with Crippen LogP contribution in [0.15, 0.2) is 12.1 Å². The van der Waals surface area contributed by atoms with Crippen molar-refractivity contribution in [3.8, 4) is 0 Å². The highest BCUT2D eigenvalue weighted by Crippen LogP contribution is 2.28. The molecule has 0 spiro atoms. The van der Waals surface area contributed by atoms with Gasteiger partial charge in [0.25, 0.3) is 0 Å². The lowest BCUT2D eigenvalue weighted by Crippen LogP contribution is -2.19. The Kier molecular flexibility index (Phi) is 4.26. The minimum atomic E-state index is -1.30. The quantitative estimate of drug-likeness (QED) is 0.748. The summed E-state index contributed by atoms with van der Waals surface area (Å²) < 4.78 is 0. The van der Waals surface area contributed by atoms with Gasteiger partial charge in [-0.2, -0.15) is 0 Å². The molecule has 6 nitrogen and oxygen atoms in total. The van der Waals surface area contributed by atoms with Gasteiger partial charge >= 0.3 is 11.9 Å². The fourth-order valence-corrected chi connectivity index (χ4v) is 1.89. The minimum Gasteiger partial charge on any atom is -0.478 e. The number of rotatable bonds is 5. The number of carboxylic acid groups (broad SMARTS) is 2. The molecular formula is C13H15NO5. The number of hydrogen-bond donors (Lipinski definition) is 3. The van der Waals surface area contributed by atoms with E-state index < -0.39 is 17.8 Å². The van der Waals surface area contributed by atoms with Crippen LogP contribution in [0.25, 0.3) is 0 Å². The first-order chi connectivity index (χ1) is 8.79. The molecule has 1 amide bonds. The molecule has 6 heteroatoms. The van der Waals surface area contributed by atoms with Crippen LogP contribution in [0.5, 0.6) is 0 Å². The van der Waals surface area contributed by atoms with Crippen LogP contribution >= 0.6 is 0 Å². The SMILES string of the molecule is CCC(C)c1c(C(N)=O)cc(C(=O)O)cc1C(=O)O. The van der Waals surface area contributed by atoms with Crippen LogP contribution in [0.4, 0.5) is 0 Å². The summed E-state index contributed by atoms with van der Waals surface area (Å²) in [6.45, 7) is 3.60. The van der Waals surface area contributed by atoms with E-state index in [2.05, 4.69) is 0 Å². The average Bonchev–Trinajstić information content (AvgIpc) is 2.35. The highest BCUT2D eigenvalue weighted by atomic mass is 16.4. The summed E-state index contributed by atoms with van der Waals surface area (Å²) in [5.41, 5.74) is 5.00. The lowest BCUT2D eigenvalue weighted by Gasteiger charge is -2.17. The number of nitrogens with two attached hydrogens (primary N) is 1. The van der Waals surface area contributed by atoms with Crippen LogP contribution < -0.4 is 5.73 Å². The predicted molar refractivity (Wildman–Crippen MR) is 67.6 cm³/mol. The van der Waals surface area contributed by atoms with Gasteiger partial charge in [-0.15, -0.1) is 0 Å². The molecule has 0 saturated carbocycles. The average molecular weight is 265 g/mol. The Morgan fingerprint density at radius 2 is 1.68 bits per heavy atom. The van der Waals surface area contributed by atoms with Gasteiger partial charge in [0.1, 0.15) is 0 Å². The minimum absolute atomic E-state index is 0.0494. The Morgan fingerprint density at radius 1 is 1.16 bits per heavy atom. The van der Waals surface area contributed by atoms with Gasteiger partial charge in [0.2, 0.25) is 5.91 Å².